The summed E-state index contributed by atoms with van der Waals surface area (Å²) in [7, 11) is 0. The Hall–Kier alpha value is -2.15. The number of carbonyl (C=O) groups excluding carboxylic acids is 1. The Kier molecular flexibility index (Phi) is 4.71. The number of nitrogens with zero attached hydrogens (tertiary/aromatic N) is 3. The van der Waals surface area contributed by atoms with E-state index in [0.717, 1.165) is 23.9 Å². The van der Waals surface area contributed by atoms with Crippen molar-refractivity contribution in [3.8, 4) is 0 Å². The SMILES string of the molecule is C[C@H](NC(=O)Cn1ncn(C2CCC2)c1=O)c1ccc(Cl)c(F)c1. The van der Waals surface area contributed by atoms with Gasteiger partial charge in [0.2, 0.25) is 5.91 Å². The second-order valence-corrected chi connectivity index (χ2v) is 6.43. The zero-order valence-corrected chi connectivity index (χ0v) is 14.0. The molecule has 0 spiro atoms. The Labute approximate surface area is 143 Å². The van der Waals surface area contributed by atoms with Gasteiger partial charge in [0, 0.05) is 6.04 Å². The lowest BCUT2D eigenvalue weighted by Gasteiger charge is -2.25. The van der Waals surface area contributed by atoms with Crippen molar-refractivity contribution in [2.75, 3.05) is 0 Å². The molecule has 1 atom stereocenters. The van der Waals surface area contributed by atoms with Gasteiger partial charge in [0.05, 0.1) is 11.1 Å². The third-order valence-electron chi connectivity index (χ3n) is 4.34. The Morgan fingerprint density at radius 2 is 2.25 bits per heavy atom. The number of carbonyl (C=O) groups is 1. The Balaban J connectivity index is 1.64. The molecule has 1 aromatic carbocycles. The zero-order chi connectivity index (χ0) is 17.3. The van der Waals surface area contributed by atoms with E-state index in [1.807, 2.05) is 0 Å². The topological polar surface area (TPSA) is 68.9 Å². The van der Waals surface area contributed by atoms with Crippen LogP contribution < -0.4 is 11.0 Å². The summed E-state index contributed by atoms with van der Waals surface area (Å²) >= 11 is 5.65. The molecular formula is C16H18ClFN4O2. The van der Waals surface area contributed by atoms with Gasteiger partial charge in [-0.25, -0.2) is 13.9 Å². The van der Waals surface area contributed by atoms with E-state index in [0.29, 0.717) is 5.56 Å². The van der Waals surface area contributed by atoms with E-state index in [1.54, 1.807) is 17.6 Å². The average molecular weight is 353 g/mol. The molecule has 8 heteroatoms. The van der Waals surface area contributed by atoms with Crippen LogP contribution in [-0.4, -0.2) is 20.3 Å². The standard InChI is InChI=1S/C16H18ClFN4O2/c1-10(11-5-6-13(17)14(18)7-11)20-15(23)8-22-16(24)21(9-19-22)12-3-2-4-12/h5-7,9-10,12H,2-4,8H2,1H3,(H,20,23)/t10-/m0/s1. The Bertz CT molecular complexity index is 813. The minimum atomic E-state index is -0.536. The Morgan fingerprint density at radius 1 is 1.50 bits per heavy atom. The van der Waals surface area contributed by atoms with Crippen molar-refractivity contribution in [2.24, 2.45) is 0 Å². The number of halogens is 2. The van der Waals surface area contributed by atoms with Gasteiger partial charge in [-0.15, -0.1) is 0 Å². The van der Waals surface area contributed by atoms with Gasteiger partial charge in [0.1, 0.15) is 18.7 Å². The molecule has 1 amide bonds. The van der Waals surface area contributed by atoms with E-state index in [-0.39, 0.29) is 29.2 Å². The summed E-state index contributed by atoms with van der Waals surface area (Å²) in [5.41, 5.74) is 0.317. The first-order valence-electron chi connectivity index (χ1n) is 7.84. The monoisotopic (exact) mass is 352 g/mol. The quantitative estimate of drug-likeness (QED) is 0.898. The van der Waals surface area contributed by atoms with E-state index >= 15 is 0 Å². The van der Waals surface area contributed by atoms with E-state index < -0.39 is 11.9 Å². The predicted octanol–water partition coefficient (Wildman–Crippen LogP) is 2.44. The molecule has 1 aliphatic rings. The number of hydrogen-bond acceptors (Lipinski definition) is 3. The maximum atomic E-state index is 13.5. The molecule has 1 aromatic heterocycles. The van der Waals surface area contributed by atoms with Gasteiger partial charge in [0.25, 0.3) is 0 Å². The van der Waals surface area contributed by atoms with E-state index in [4.69, 9.17) is 11.6 Å². The van der Waals surface area contributed by atoms with Crippen LogP contribution in [0.3, 0.4) is 0 Å². The fourth-order valence-electron chi connectivity index (χ4n) is 2.66. The smallest absolute Gasteiger partial charge is 0.346 e. The lowest BCUT2D eigenvalue weighted by molar-refractivity contribution is -0.122. The van der Waals surface area contributed by atoms with E-state index in [1.165, 1.54) is 18.5 Å². The third kappa shape index (κ3) is 3.36. The van der Waals surface area contributed by atoms with Crippen LogP contribution in [0, 0.1) is 5.82 Å². The number of aromatic nitrogens is 3. The average Bonchev–Trinajstić information content (AvgIpc) is 2.82. The summed E-state index contributed by atoms with van der Waals surface area (Å²) in [5.74, 6) is -0.899. The van der Waals surface area contributed by atoms with Crippen LogP contribution in [0.1, 0.15) is 43.8 Å². The fourth-order valence-corrected chi connectivity index (χ4v) is 2.78. The molecule has 3 rings (SSSR count). The van der Waals surface area contributed by atoms with Crippen LogP contribution >= 0.6 is 11.6 Å². The molecule has 1 aliphatic carbocycles. The van der Waals surface area contributed by atoms with Crippen LogP contribution in [-0.2, 0) is 11.3 Å². The van der Waals surface area contributed by atoms with Gasteiger partial charge in [0.15, 0.2) is 0 Å². The normalized spacial score (nSPS) is 15.8. The maximum Gasteiger partial charge on any atom is 0.346 e. The molecular weight excluding hydrogens is 335 g/mol. The van der Waals surface area contributed by atoms with Crippen molar-refractivity contribution in [2.45, 2.75) is 44.8 Å². The van der Waals surface area contributed by atoms with Crippen LogP contribution in [0.2, 0.25) is 5.02 Å². The van der Waals surface area contributed by atoms with Gasteiger partial charge in [-0.3, -0.25) is 9.36 Å². The van der Waals surface area contributed by atoms with Crippen LogP contribution in [0.5, 0.6) is 0 Å². The van der Waals surface area contributed by atoms with Gasteiger partial charge >= 0.3 is 5.69 Å². The second-order valence-electron chi connectivity index (χ2n) is 6.03. The fraction of sp³-hybridized carbons (Fsp3) is 0.438. The molecule has 6 nitrogen and oxygen atoms in total. The third-order valence-corrected chi connectivity index (χ3v) is 4.65. The summed E-state index contributed by atoms with van der Waals surface area (Å²) in [6, 6.07) is 4.16. The first-order valence-corrected chi connectivity index (χ1v) is 8.21. The minimum Gasteiger partial charge on any atom is -0.348 e. The number of benzene rings is 1. The first kappa shape index (κ1) is 16.7. The molecule has 0 radical (unpaired) electrons. The van der Waals surface area contributed by atoms with Crippen molar-refractivity contribution in [3.63, 3.8) is 0 Å². The lowest BCUT2D eigenvalue weighted by Crippen LogP contribution is -2.36. The Morgan fingerprint density at radius 3 is 2.88 bits per heavy atom. The molecule has 0 saturated heterocycles. The van der Waals surface area contributed by atoms with Gasteiger partial charge in [-0.05, 0) is 43.9 Å². The van der Waals surface area contributed by atoms with Gasteiger partial charge in [-0.1, -0.05) is 17.7 Å². The minimum absolute atomic E-state index is 0.0327. The highest BCUT2D eigenvalue weighted by atomic mass is 35.5. The van der Waals surface area contributed by atoms with Crippen LogP contribution in [0.25, 0.3) is 0 Å². The highest BCUT2D eigenvalue weighted by Crippen LogP contribution is 2.29. The molecule has 1 heterocycles. The summed E-state index contributed by atoms with van der Waals surface area (Å²) in [5, 5.41) is 6.75. The molecule has 1 N–H and O–H groups in total. The molecule has 1 fully saturated rings. The molecule has 1 saturated carbocycles. The number of amides is 1. The van der Waals surface area contributed by atoms with E-state index in [2.05, 4.69) is 10.4 Å². The highest BCUT2D eigenvalue weighted by Gasteiger charge is 2.23. The summed E-state index contributed by atoms with van der Waals surface area (Å²) in [6.45, 7) is 1.56. The molecule has 0 aliphatic heterocycles. The van der Waals surface area contributed by atoms with Gasteiger partial charge < -0.3 is 5.32 Å². The van der Waals surface area contributed by atoms with Crippen LogP contribution in [0.15, 0.2) is 29.3 Å². The highest BCUT2D eigenvalue weighted by molar-refractivity contribution is 6.30. The van der Waals surface area contributed by atoms with Crippen molar-refractivity contribution in [3.05, 3.63) is 51.4 Å². The first-order chi connectivity index (χ1) is 11.5. The maximum absolute atomic E-state index is 13.5. The lowest BCUT2D eigenvalue weighted by atomic mass is 9.93. The predicted molar refractivity (Wildman–Crippen MR) is 87.3 cm³/mol. The molecule has 0 bridgehead atoms. The summed E-state index contributed by atoms with van der Waals surface area (Å²) in [6.07, 6.45) is 4.53. The number of hydrogen-bond donors (Lipinski definition) is 1. The van der Waals surface area contributed by atoms with Crippen molar-refractivity contribution in [1.29, 1.82) is 0 Å². The van der Waals surface area contributed by atoms with Crippen molar-refractivity contribution >= 4 is 17.5 Å². The summed E-state index contributed by atoms with van der Waals surface area (Å²) < 4.78 is 16.2. The van der Waals surface area contributed by atoms with Crippen LogP contribution in [0.4, 0.5) is 4.39 Å². The number of rotatable bonds is 5. The largest absolute Gasteiger partial charge is 0.348 e. The summed E-state index contributed by atoms with van der Waals surface area (Å²) in [4.78, 5) is 24.3. The van der Waals surface area contributed by atoms with Gasteiger partial charge in [-0.2, -0.15) is 5.10 Å². The van der Waals surface area contributed by atoms with Crippen molar-refractivity contribution in [1.82, 2.24) is 19.7 Å². The van der Waals surface area contributed by atoms with E-state index in [9.17, 15) is 14.0 Å². The van der Waals surface area contributed by atoms with Crippen molar-refractivity contribution < 1.29 is 9.18 Å². The molecule has 0 unspecified atom stereocenters. The molecule has 2 aromatic rings. The number of nitrogens with one attached hydrogen (secondary N) is 1. The zero-order valence-electron chi connectivity index (χ0n) is 13.2. The molecule has 128 valence electrons. The molecule has 24 heavy (non-hydrogen) atoms. The second kappa shape index (κ2) is 6.76.